The van der Waals surface area contributed by atoms with E-state index in [4.69, 9.17) is 0 Å². The first-order valence-electron chi connectivity index (χ1n) is 9.04. The van der Waals surface area contributed by atoms with E-state index in [2.05, 4.69) is 5.10 Å². The third kappa shape index (κ3) is 2.17. The summed E-state index contributed by atoms with van der Waals surface area (Å²) in [5.41, 5.74) is -1.08. The molecule has 3 aliphatic rings. The Bertz CT molecular complexity index is 995. The molecule has 0 N–H and O–H groups in total. The molecule has 2 bridgehead atoms. The van der Waals surface area contributed by atoms with Gasteiger partial charge in [0.05, 0.1) is 17.4 Å². The van der Waals surface area contributed by atoms with Gasteiger partial charge in [-0.2, -0.15) is 18.3 Å². The molecule has 0 spiro atoms. The maximum atomic E-state index is 13.7. The number of nitrogens with zero attached hydrogens (tertiary/aromatic N) is 3. The monoisotopic (exact) mass is 387 g/mol. The molecule has 5 nitrogen and oxygen atoms in total. The highest BCUT2D eigenvalue weighted by Crippen LogP contribution is 2.54. The highest BCUT2D eigenvalue weighted by Gasteiger charge is 2.60. The second-order valence-corrected chi connectivity index (χ2v) is 7.55. The lowest BCUT2D eigenvalue weighted by Gasteiger charge is -2.19. The van der Waals surface area contributed by atoms with Crippen LogP contribution in [0.1, 0.15) is 12.1 Å². The van der Waals surface area contributed by atoms with Gasteiger partial charge in [-0.25, -0.2) is 4.90 Å². The van der Waals surface area contributed by atoms with Gasteiger partial charge in [0.2, 0.25) is 11.8 Å². The van der Waals surface area contributed by atoms with E-state index in [1.54, 1.807) is 18.2 Å². The SMILES string of the molecule is Cn1nc(C(F)(F)F)c(-c2ccccc2)c1N1C(=O)[C@@H]2[C@H](C1=O)[C@H]1C=C[C@H]2C1. The maximum Gasteiger partial charge on any atom is 0.435 e. The number of hydrogen-bond donors (Lipinski definition) is 0. The Morgan fingerprint density at radius 3 is 2.11 bits per heavy atom. The topological polar surface area (TPSA) is 55.2 Å². The van der Waals surface area contributed by atoms with Crippen LogP contribution in [0.3, 0.4) is 0 Å². The number of aromatic nitrogens is 2. The number of aryl methyl sites for hydroxylation is 1. The molecule has 0 radical (unpaired) electrons. The number of benzene rings is 1. The fourth-order valence-electron chi connectivity index (χ4n) is 4.95. The number of carbonyl (C=O) groups excluding carboxylic acids is 2. The zero-order chi connectivity index (χ0) is 19.8. The van der Waals surface area contributed by atoms with Crippen molar-refractivity contribution in [3.05, 3.63) is 48.2 Å². The van der Waals surface area contributed by atoms with Gasteiger partial charge in [0.25, 0.3) is 0 Å². The van der Waals surface area contributed by atoms with Gasteiger partial charge >= 0.3 is 6.18 Å². The lowest BCUT2D eigenvalue weighted by atomic mass is 9.85. The molecule has 1 aromatic carbocycles. The molecule has 2 fully saturated rings. The quantitative estimate of drug-likeness (QED) is 0.586. The zero-order valence-corrected chi connectivity index (χ0v) is 14.8. The third-order valence-corrected chi connectivity index (χ3v) is 6.03. The van der Waals surface area contributed by atoms with Crippen LogP contribution in [0.25, 0.3) is 11.1 Å². The van der Waals surface area contributed by atoms with Gasteiger partial charge in [0.1, 0.15) is 5.82 Å². The molecule has 5 rings (SSSR count). The lowest BCUT2D eigenvalue weighted by Crippen LogP contribution is -2.34. The van der Waals surface area contributed by atoms with Crippen LogP contribution in [0.4, 0.5) is 19.0 Å². The second kappa shape index (κ2) is 5.56. The van der Waals surface area contributed by atoms with Crippen LogP contribution in [0.15, 0.2) is 42.5 Å². The molecule has 1 aromatic heterocycles. The van der Waals surface area contributed by atoms with Crippen LogP contribution in [0.5, 0.6) is 0 Å². The van der Waals surface area contributed by atoms with Crippen molar-refractivity contribution in [3.63, 3.8) is 0 Å². The van der Waals surface area contributed by atoms with Crippen molar-refractivity contribution in [1.82, 2.24) is 9.78 Å². The summed E-state index contributed by atoms with van der Waals surface area (Å²) in [5.74, 6) is -1.99. The maximum absolute atomic E-state index is 13.7. The van der Waals surface area contributed by atoms with E-state index in [9.17, 15) is 22.8 Å². The van der Waals surface area contributed by atoms with Gasteiger partial charge in [0, 0.05) is 7.05 Å². The van der Waals surface area contributed by atoms with Gasteiger partial charge in [-0.05, 0) is 23.8 Å². The molecule has 8 heteroatoms. The third-order valence-electron chi connectivity index (χ3n) is 6.03. The van der Waals surface area contributed by atoms with E-state index in [0.29, 0.717) is 0 Å². The van der Waals surface area contributed by atoms with Gasteiger partial charge in [-0.15, -0.1) is 0 Å². The van der Waals surface area contributed by atoms with Crippen molar-refractivity contribution in [2.24, 2.45) is 30.7 Å². The van der Waals surface area contributed by atoms with Crippen molar-refractivity contribution in [1.29, 1.82) is 0 Å². The first-order chi connectivity index (χ1) is 13.3. The van der Waals surface area contributed by atoms with E-state index < -0.39 is 35.5 Å². The molecule has 28 heavy (non-hydrogen) atoms. The number of alkyl halides is 3. The Labute approximate surface area is 158 Å². The molecule has 0 unspecified atom stereocenters. The number of amides is 2. The molecule has 2 aromatic rings. The molecular weight excluding hydrogens is 371 g/mol. The van der Waals surface area contributed by atoms with Crippen molar-refractivity contribution in [2.45, 2.75) is 12.6 Å². The Morgan fingerprint density at radius 1 is 1.00 bits per heavy atom. The van der Waals surface area contributed by atoms with Crippen molar-refractivity contribution in [2.75, 3.05) is 4.90 Å². The minimum Gasteiger partial charge on any atom is -0.274 e. The molecule has 1 saturated carbocycles. The first-order valence-corrected chi connectivity index (χ1v) is 9.04. The second-order valence-electron chi connectivity index (χ2n) is 7.55. The summed E-state index contributed by atoms with van der Waals surface area (Å²) >= 11 is 0. The van der Waals surface area contributed by atoms with Gasteiger partial charge in [-0.3, -0.25) is 14.3 Å². The van der Waals surface area contributed by atoms with Crippen LogP contribution >= 0.6 is 0 Å². The van der Waals surface area contributed by atoms with Crippen LogP contribution in [0.2, 0.25) is 0 Å². The van der Waals surface area contributed by atoms with Crippen LogP contribution < -0.4 is 4.90 Å². The van der Waals surface area contributed by atoms with Crippen LogP contribution in [-0.2, 0) is 22.8 Å². The Kier molecular flexibility index (Phi) is 3.42. The minimum atomic E-state index is -4.72. The van der Waals surface area contributed by atoms with E-state index in [0.717, 1.165) is 16.0 Å². The zero-order valence-electron chi connectivity index (χ0n) is 14.8. The number of anilines is 1. The summed E-state index contributed by atoms with van der Waals surface area (Å²) in [4.78, 5) is 27.2. The molecule has 144 valence electrons. The average molecular weight is 387 g/mol. The molecule has 1 saturated heterocycles. The van der Waals surface area contributed by atoms with E-state index >= 15 is 0 Å². The van der Waals surface area contributed by atoms with Crippen molar-refractivity contribution < 1.29 is 22.8 Å². The smallest absolute Gasteiger partial charge is 0.274 e. The number of allylic oxidation sites excluding steroid dienone is 2. The Balaban J connectivity index is 1.70. The summed E-state index contributed by atoms with van der Waals surface area (Å²) in [6, 6.07) is 7.95. The highest BCUT2D eigenvalue weighted by molar-refractivity contribution is 6.23. The van der Waals surface area contributed by atoms with Crippen LogP contribution in [-0.4, -0.2) is 21.6 Å². The van der Waals surface area contributed by atoms with Crippen molar-refractivity contribution in [3.8, 4) is 11.1 Å². The lowest BCUT2D eigenvalue weighted by molar-refractivity contribution is -0.141. The predicted molar refractivity (Wildman–Crippen MR) is 93.9 cm³/mol. The summed E-state index contributed by atoms with van der Waals surface area (Å²) in [5, 5.41) is 3.65. The number of hydrogen-bond acceptors (Lipinski definition) is 3. The number of imide groups is 1. The van der Waals surface area contributed by atoms with Gasteiger partial charge in [-0.1, -0.05) is 42.5 Å². The van der Waals surface area contributed by atoms with Gasteiger partial charge in [0.15, 0.2) is 5.69 Å². The van der Waals surface area contributed by atoms with Crippen molar-refractivity contribution >= 4 is 17.6 Å². The molecular formula is C20H16F3N3O2. The Hall–Kier alpha value is -2.90. The fraction of sp³-hybridized carbons (Fsp3) is 0.350. The fourth-order valence-corrected chi connectivity index (χ4v) is 4.95. The number of carbonyl (C=O) groups is 2. The first kappa shape index (κ1) is 17.2. The summed E-state index contributed by atoms with van der Waals surface area (Å²) in [6.45, 7) is 0. The minimum absolute atomic E-state index is 0.0214. The average Bonchev–Trinajstić information content (AvgIpc) is 3.39. The molecule has 1 aliphatic heterocycles. The summed E-state index contributed by atoms with van der Waals surface area (Å²) in [7, 11) is 1.33. The van der Waals surface area contributed by atoms with E-state index in [1.165, 1.54) is 19.2 Å². The number of fused-ring (bicyclic) bond motifs is 5. The molecule has 4 atom stereocenters. The predicted octanol–water partition coefficient (Wildman–Crippen LogP) is 3.42. The van der Waals surface area contributed by atoms with E-state index in [-0.39, 0.29) is 28.8 Å². The molecule has 2 amide bonds. The number of halogens is 3. The molecule has 2 heterocycles. The number of rotatable bonds is 2. The summed E-state index contributed by atoms with van der Waals surface area (Å²) in [6.07, 6.45) is -0.0686. The standard InChI is InChI=1S/C20H16F3N3O2/c1-25-17(15(10-5-3-2-4-6-10)16(24-25)20(21,22)23)26-18(27)13-11-7-8-12(9-11)14(13)19(26)28/h2-8,11-14H,9H2,1H3/t11-,12-,13-,14+/m0/s1. The molecule has 2 aliphatic carbocycles. The van der Waals surface area contributed by atoms with E-state index in [1.807, 2.05) is 12.2 Å². The normalized spacial score (nSPS) is 28.5. The largest absolute Gasteiger partial charge is 0.435 e. The Morgan fingerprint density at radius 2 is 1.57 bits per heavy atom. The van der Waals surface area contributed by atoms with Gasteiger partial charge < -0.3 is 0 Å². The highest BCUT2D eigenvalue weighted by atomic mass is 19.4. The summed E-state index contributed by atoms with van der Waals surface area (Å²) < 4.78 is 42.1. The van der Waals surface area contributed by atoms with Crippen LogP contribution in [0, 0.1) is 23.7 Å².